The fourth-order valence-corrected chi connectivity index (χ4v) is 7.03. The van der Waals surface area contributed by atoms with Crippen molar-refractivity contribution in [3.63, 3.8) is 0 Å². The quantitative estimate of drug-likeness (QED) is 0.185. The molecule has 0 amide bonds. The van der Waals surface area contributed by atoms with Crippen LogP contribution in [0.5, 0.6) is 0 Å². The van der Waals surface area contributed by atoms with Gasteiger partial charge in [-0.15, -0.1) is 0 Å². The van der Waals surface area contributed by atoms with Gasteiger partial charge in [0.25, 0.3) is 0 Å². The smallest absolute Gasteiger partial charge is 0.136 e. The highest BCUT2D eigenvalue weighted by atomic mass is 16.3. The lowest BCUT2D eigenvalue weighted by molar-refractivity contribution is 0.669. The van der Waals surface area contributed by atoms with E-state index in [0.29, 0.717) is 0 Å². The maximum absolute atomic E-state index is 6.60. The van der Waals surface area contributed by atoms with E-state index in [0.717, 1.165) is 50.1 Å². The Morgan fingerprint density at radius 3 is 1.48 bits per heavy atom. The van der Waals surface area contributed by atoms with Gasteiger partial charge in [-0.2, -0.15) is 0 Å². The van der Waals surface area contributed by atoms with Gasteiger partial charge in [0.1, 0.15) is 11.2 Å². The predicted molar refractivity (Wildman–Crippen MR) is 202 cm³/mol. The van der Waals surface area contributed by atoms with E-state index in [-0.39, 0.29) is 0 Å². The highest BCUT2D eigenvalue weighted by Crippen LogP contribution is 2.44. The van der Waals surface area contributed by atoms with Crippen LogP contribution in [0.3, 0.4) is 0 Å². The second kappa shape index (κ2) is 11.8. The molecule has 2 heteroatoms. The van der Waals surface area contributed by atoms with Crippen LogP contribution in [0, 0.1) is 0 Å². The third-order valence-corrected chi connectivity index (χ3v) is 9.27. The number of nitrogens with zero attached hydrogens (tertiary/aromatic N) is 1. The van der Waals surface area contributed by atoms with Gasteiger partial charge in [0.2, 0.25) is 0 Å². The molecule has 0 aliphatic carbocycles. The van der Waals surface area contributed by atoms with Gasteiger partial charge in [-0.3, -0.25) is 0 Å². The minimum Gasteiger partial charge on any atom is -0.456 e. The summed E-state index contributed by atoms with van der Waals surface area (Å²) in [6, 6.07) is 66.7. The van der Waals surface area contributed by atoms with Crippen LogP contribution in [0.4, 0.5) is 17.1 Å². The van der Waals surface area contributed by atoms with E-state index in [1.165, 1.54) is 33.0 Å². The Bertz CT molecular complexity index is 2520. The zero-order chi connectivity index (χ0) is 31.9. The van der Waals surface area contributed by atoms with E-state index in [1.807, 2.05) is 0 Å². The van der Waals surface area contributed by atoms with Crippen molar-refractivity contribution in [3.05, 3.63) is 188 Å². The molecule has 0 saturated carbocycles. The summed E-state index contributed by atoms with van der Waals surface area (Å²) in [7, 11) is 0. The fraction of sp³-hybridized carbons (Fsp3) is 0. The molecule has 9 aromatic rings. The van der Waals surface area contributed by atoms with Crippen molar-refractivity contribution in [1.82, 2.24) is 0 Å². The third-order valence-electron chi connectivity index (χ3n) is 9.27. The Morgan fingerprint density at radius 1 is 0.312 bits per heavy atom. The topological polar surface area (TPSA) is 16.4 Å². The summed E-state index contributed by atoms with van der Waals surface area (Å²) in [5.41, 5.74) is 12.2. The van der Waals surface area contributed by atoms with Gasteiger partial charge in [-0.25, -0.2) is 0 Å². The van der Waals surface area contributed by atoms with Crippen LogP contribution in [-0.4, -0.2) is 0 Å². The largest absolute Gasteiger partial charge is 0.456 e. The fourth-order valence-electron chi connectivity index (χ4n) is 7.03. The number of para-hydroxylation sites is 1. The Morgan fingerprint density at radius 2 is 0.812 bits per heavy atom. The minimum atomic E-state index is 0.895. The Kier molecular flexibility index (Phi) is 6.84. The number of benzene rings is 8. The van der Waals surface area contributed by atoms with Crippen LogP contribution in [0.25, 0.3) is 66.1 Å². The summed E-state index contributed by atoms with van der Waals surface area (Å²) in [6.07, 6.45) is 0. The molecule has 9 rings (SSSR count). The molecule has 1 heterocycles. The first-order valence-corrected chi connectivity index (χ1v) is 16.4. The SMILES string of the molecule is c1ccc(-c2ccc(N(c3ccccc3)c3ccc(-c4cccc5oc6cc(-c7ccccc7)c7ccccc7c6c45)cc3)cc2)cc1. The lowest BCUT2D eigenvalue weighted by atomic mass is 9.92. The number of furan rings is 1. The molecule has 8 aromatic carbocycles. The summed E-state index contributed by atoms with van der Waals surface area (Å²) in [6.45, 7) is 0. The zero-order valence-corrected chi connectivity index (χ0v) is 26.3. The lowest BCUT2D eigenvalue weighted by Crippen LogP contribution is -2.09. The number of hydrogen-bond acceptors (Lipinski definition) is 2. The van der Waals surface area contributed by atoms with Gasteiger partial charge in [-0.1, -0.05) is 140 Å². The van der Waals surface area contributed by atoms with Crippen molar-refractivity contribution in [3.8, 4) is 33.4 Å². The average Bonchev–Trinajstić information content (AvgIpc) is 3.56. The molecule has 1 aromatic heterocycles. The third kappa shape index (κ3) is 4.83. The molecule has 0 fully saturated rings. The van der Waals surface area contributed by atoms with Crippen molar-refractivity contribution >= 4 is 49.8 Å². The van der Waals surface area contributed by atoms with E-state index in [4.69, 9.17) is 4.42 Å². The molecule has 0 radical (unpaired) electrons. The molecule has 0 aliphatic rings. The second-order valence-corrected chi connectivity index (χ2v) is 12.1. The van der Waals surface area contributed by atoms with E-state index in [2.05, 4.69) is 193 Å². The average molecular weight is 614 g/mol. The lowest BCUT2D eigenvalue weighted by Gasteiger charge is -2.26. The van der Waals surface area contributed by atoms with E-state index in [9.17, 15) is 0 Å². The number of anilines is 3. The van der Waals surface area contributed by atoms with Gasteiger partial charge in [-0.05, 0) is 92.7 Å². The number of rotatable bonds is 6. The van der Waals surface area contributed by atoms with E-state index >= 15 is 0 Å². The highest BCUT2D eigenvalue weighted by Gasteiger charge is 2.19. The number of fused-ring (bicyclic) bond motifs is 5. The summed E-state index contributed by atoms with van der Waals surface area (Å²) in [5.74, 6) is 0. The molecular weight excluding hydrogens is 583 g/mol. The van der Waals surface area contributed by atoms with Gasteiger partial charge in [0, 0.05) is 27.8 Å². The molecule has 0 unspecified atom stereocenters. The van der Waals surface area contributed by atoms with Crippen LogP contribution < -0.4 is 4.90 Å². The highest BCUT2D eigenvalue weighted by molar-refractivity contribution is 6.25. The van der Waals surface area contributed by atoms with Gasteiger partial charge in [0.15, 0.2) is 0 Å². The maximum Gasteiger partial charge on any atom is 0.136 e. The Hall–Kier alpha value is -6.38. The summed E-state index contributed by atoms with van der Waals surface area (Å²) >= 11 is 0. The monoisotopic (exact) mass is 613 g/mol. The van der Waals surface area contributed by atoms with Crippen molar-refractivity contribution in [1.29, 1.82) is 0 Å². The Balaban J connectivity index is 1.16. The normalized spacial score (nSPS) is 11.3. The van der Waals surface area contributed by atoms with Gasteiger partial charge in [0.05, 0.1) is 0 Å². The molecule has 0 aliphatic heterocycles. The minimum absolute atomic E-state index is 0.895. The molecule has 0 N–H and O–H groups in total. The van der Waals surface area contributed by atoms with Crippen LogP contribution in [0.1, 0.15) is 0 Å². The summed E-state index contributed by atoms with van der Waals surface area (Å²) < 4.78 is 6.60. The molecule has 0 saturated heterocycles. The summed E-state index contributed by atoms with van der Waals surface area (Å²) in [5, 5.41) is 4.73. The van der Waals surface area contributed by atoms with Crippen LogP contribution in [-0.2, 0) is 0 Å². The van der Waals surface area contributed by atoms with Crippen LogP contribution >= 0.6 is 0 Å². The first-order valence-electron chi connectivity index (χ1n) is 16.4. The van der Waals surface area contributed by atoms with Crippen LogP contribution in [0.2, 0.25) is 0 Å². The first kappa shape index (κ1) is 27.9. The second-order valence-electron chi connectivity index (χ2n) is 12.1. The molecule has 0 spiro atoms. The van der Waals surface area contributed by atoms with E-state index < -0.39 is 0 Å². The van der Waals surface area contributed by atoms with Crippen molar-refractivity contribution < 1.29 is 4.42 Å². The van der Waals surface area contributed by atoms with Gasteiger partial charge >= 0.3 is 0 Å². The predicted octanol–water partition coefficient (Wildman–Crippen LogP) is 13.2. The van der Waals surface area contributed by atoms with Crippen molar-refractivity contribution in [2.45, 2.75) is 0 Å². The first-order chi connectivity index (χ1) is 23.8. The van der Waals surface area contributed by atoms with Crippen molar-refractivity contribution in [2.75, 3.05) is 4.90 Å². The standard InChI is InChI=1S/C46H31NO/c1-4-13-32(14-5-1)33-23-27-37(28-24-33)47(36-17-8-3-9-18-36)38-29-25-35(26-30-38)39-21-12-22-43-45(39)46-41-20-11-10-19-40(41)42(31-44(46)48-43)34-15-6-2-7-16-34/h1-31H. The van der Waals surface area contributed by atoms with Crippen LogP contribution in [0.15, 0.2) is 192 Å². The van der Waals surface area contributed by atoms with Gasteiger partial charge < -0.3 is 9.32 Å². The summed E-state index contributed by atoms with van der Waals surface area (Å²) in [4.78, 5) is 2.31. The molecular formula is C46H31NO. The molecule has 0 bridgehead atoms. The van der Waals surface area contributed by atoms with Crippen molar-refractivity contribution in [2.24, 2.45) is 0 Å². The van der Waals surface area contributed by atoms with E-state index in [1.54, 1.807) is 0 Å². The molecule has 0 atom stereocenters. The molecule has 2 nitrogen and oxygen atoms in total. The Labute approximate surface area is 279 Å². The maximum atomic E-state index is 6.60. The molecule has 48 heavy (non-hydrogen) atoms. The molecule has 226 valence electrons. The zero-order valence-electron chi connectivity index (χ0n) is 26.3. The number of hydrogen-bond donors (Lipinski definition) is 0.